The zero-order valence-corrected chi connectivity index (χ0v) is 4.90. The second-order valence-corrected chi connectivity index (χ2v) is 2.11. The van der Waals surface area contributed by atoms with Crippen molar-refractivity contribution in [3.05, 3.63) is 0 Å². The van der Waals surface area contributed by atoms with Crippen molar-refractivity contribution in [2.75, 3.05) is 0 Å². The second-order valence-electron chi connectivity index (χ2n) is 2.11. The van der Waals surface area contributed by atoms with Gasteiger partial charge in [0.1, 0.15) is 0 Å². The van der Waals surface area contributed by atoms with Gasteiger partial charge in [-0.25, -0.2) is 0 Å². The number of hydrogen-bond acceptors (Lipinski definition) is 1. The molecule has 1 atom stereocenters. The van der Waals surface area contributed by atoms with Crippen LogP contribution in [0.4, 0.5) is 0 Å². The van der Waals surface area contributed by atoms with Gasteiger partial charge in [-0.2, -0.15) is 0 Å². The molecular formula is C7H8O. The summed E-state index contributed by atoms with van der Waals surface area (Å²) in [7, 11) is 0. The van der Waals surface area contributed by atoms with Crippen LogP contribution in [0, 0.1) is 17.8 Å². The predicted molar refractivity (Wildman–Crippen MR) is 31.2 cm³/mol. The molecule has 0 spiro atoms. The van der Waals surface area contributed by atoms with Crippen LogP contribution in [0.25, 0.3) is 0 Å². The third-order valence-corrected chi connectivity index (χ3v) is 1.36. The standard InChI is InChI=1S/C7H8O/c1-6-4-2-3-5-7(6)8/h6H,2,4H2,1H3/t6-/m0/s1. The van der Waals surface area contributed by atoms with E-state index in [1.807, 2.05) is 6.92 Å². The van der Waals surface area contributed by atoms with Crippen LogP contribution in [0.15, 0.2) is 0 Å². The molecule has 1 nitrogen and oxygen atoms in total. The van der Waals surface area contributed by atoms with Crippen LogP contribution in [-0.2, 0) is 4.79 Å². The molecule has 1 aliphatic rings. The summed E-state index contributed by atoms with van der Waals surface area (Å²) < 4.78 is 0. The minimum atomic E-state index is 0.108. The smallest absolute Gasteiger partial charge is 0.208 e. The van der Waals surface area contributed by atoms with Gasteiger partial charge in [0.2, 0.25) is 5.78 Å². The molecule has 0 amide bonds. The van der Waals surface area contributed by atoms with Crippen LogP contribution >= 0.6 is 0 Å². The van der Waals surface area contributed by atoms with E-state index < -0.39 is 0 Å². The maximum absolute atomic E-state index is 10.6. The highest BCUT2D eigenvalue weighted by molar-refractivity contribution is 5.97. The number of carbonyl (C=O) groups is 1. The summed E-state index contributed by atoms with van der Waals surface area (Å²) in [5, 5.41) is 0. The van der Waals surface area contributed by atoms with Crippen LogP contribution in [0.1, 0.15) is 19.8 Å². The van der Waals surface area contributed by atoms with E-state index in [1.165, 1.54) is 0 Å². The Hall–Kier alpha value is -0.770. The second kappa shape index (κ2) is 2.00. The molecule has 0 aromatic carbocycles. The van der Waals surface area contributed by atoms with Gasteiger partial charge in [0, 0.05) is 12.3 Å². The Kier molecular flexibility index (Phi) is 1.34. The van der Waals surface area contributed by atoms with Crippen LogP contribution in [-0.4, -0.2) is 5.78 Å². The Morgan fingerprint density at radius 1 is 1.75 bits per heavy atom. The fourth-order valence-electron chi connectivity index (χ4n) is 0.693. The lowest BCUT2D eigenvalue weighted by atomic mass is 9.97. The van der Waals surface area contributed by atoms with Crippen molar-refractivity contribution in [2.24, 2.45) is 5.92 Å². The quantitative estimate of drug-likeness (QED) is 0.334. The SMILES string of the molecule is C[C@H]1CCC#CC1=O. The molecule has 0 radical (unpaired) electrons. The topological polar surface area (TPSA) is 17.1 Å². The van der Waals surface area contributed by atoms with E-state index in [0.29, 0.717) is 0 Å². The van der Waals surface area contributed by atoms with Gasteiger partial charge in [0.25, 0.3) is 0 Å². The highest BCUT2D eigenvalue weighted by Gasteiger charge is 2.11. The fourth-order valence-corrected chi connectivity index (χ4v) is 0.693. The Bertz CT molecular complexity index is 159. The largest absolute Gasteiger partial charge is 0.285 e. The molecule has 0 aromatic heterocycles. The van der Waals surface area contributed by atoms with Crippen molar-refractivity contribution < 1.29 is 4.79 Å². The molecule has 0 aliphatic heterocycles. The highest BCUT2D eigenvalue weighted by atomic mass is 16.1. The Morgan fingerprint density at radius 2 is 2.50 bits per heavy atom. The fraction of sp³-hybridized carbons (Fsp3) is 0.571. The maximum Gasteiger partial charge on any atom is 0.208 e. The lowest BCUT2D eigenvalue weighted by molar-refractivity contribution is -0.117. The number of ketones is 1. The van der Waals surface area contributed by atoms with Gasteiger partial charge in [-0.1, -0.05) is 12.8 Å². The zero-order valence-electron chi connectivity index (χ0n) is 4.90. The first kappa shape index (κ1) is 5.37. The number of rotatable bonds is 0. The summed E-state index contributed by atoms with van der Waals surface area (Å²) in [4.78, 5) is 10.6. The van der Waals surface area contributed by atoms with Crippen molar-refractivity contribution in [1.82, 2.24) is 0 Å². The summed E-state index contributed by atoms with van der Waals surface area (Å²) in [6.45, 7) is 1.93. The van der Waals surface area contributed by atoms with Crippen molar-refractivity contribution in [3.8, 4) is 11.8 Å². The minimum Gasteiger partial charge on any atom is -0.285 e. The van der Waals surface area contributed by atoms with E-state index >= 15 is 0 Å². The third-order valence-electron chi connectivity index (χ3n) is 1.36. The minimum absolute atomic E-state index is 0.108. The average Bonchev–Trinajstić information content (AvgIpc) is 1.77. The van der Waals surface area contributed by atoms with Gasteiger partial charge in [-0.3, -0.25) is 4.79 Å². The maximum atomic E-state index is 10.6. The van der Waals surface area contributed by atoms with Gasteiger partial charge in [0.05, 0.1) is 0 Å². The van der Waals surface area contributed by atoms with Gasteiger partial charge in [-0.15, -0.1) is 0 Å². The number of carbonyl (C=O) groups excluding carboxylic acids is 1. The molecule has 1 aliphatic carbocycles. The first-order valence-electron chi connectivity index (χ1n) is 2.83. The summed E-state index contributed by atoms with van der Waals surface area (Å²) in [6, 6.07) is 0. The normalized spacial score (nSPS) is 26.6. The zero-order chi connectivity index (χ0) is 5.98. The molecule has 0 unspecified atom stereocenters. The monoisotopic (exact) mass is 108 g/mol. The summed E-state index contributed by atoms with van der Waals surface area (Å²) in [5.41, 5.74) is 0. The predicted octanol–water partition coefficient (Wildman–Crippen LogP) is 0.989. The first-order valence-corrected chi connectivity index (χ1v) is 2.83. The van der Waals surface area contributed by atoms with Crippen molar-refractivity contribution in [1.29, 1.82) is 0 Å². The van der Waals surface area contributed by atoms with Gasteiger partial charge >= 0.3 is 0 Å². The summed E-state index contributed by atoms with van der Waals surface area (Å²) in [6.07, 6.45) is 1.85. The van der Waals surface area contributed by atoms with E-state index in [9.17, 15) is 4.79 Å². The van der Waals surface area contributed by atoms with Gasteiger partial charge < -0.3 is 0 Å². The molecule has 42 valence electrons. The molecule has 0 N–H and O–H groups in total. The van der Waals surface area contributed by atoms with Crippen molar-refractivity contribution in [3.63, 3.8) is 0 Å². The molecule has 1 heteroatoms. The molecular weight excluding hydrogens is 100 g/mol. The molecule has 0 heterocycles. The molecule has 0 bridgehead atoms. The van der Waals surface area contributed by atoms with Gasteiger partial charge in [0.15, 0.2) is 0 Å². The molecule has 1 rings (SSSR count). The molecule has 0 aromatic rings. The molecule has 8 heavy (non-hydrogen) atoms. The van der Waals surface area contributed by atoms with E-state index in [2.05, 4.69) is 11.8 Å². The first-order chi connectivity index (χ1) is 3.80. The summed E-state index contributed by atoms with van der Waals surface area (Å²) >= 11 is 0. The Labute approximate surface area is 49.1 Å². The Morgan fingerprint density at radius 3 is 2.88 bits per heavy atom. The molecule has 0 fully saturated rings. The highest BCUT2D eigenvalue weighted by Crippen LogP contribution is 2.08. The average molecular weight is 108 g/mol. The Balaban J connectivity index is 2.69. The lowest BCUT2D eigenvalue weighted by Crippen LogP contribution is -2.10. The van der Waals surface area contributed by atoms with E-state index in [4.69, 9.17) is 0 Å². The van der Waals surface area contributed by atoms with E-state index in [-0.39, 0.29) is 11.7 Å². The molecule has 0 saturated carbocycles. The van der Waals surface area contributed by atoms with Crippen LogP contribution in [0.5, 0.6) is 0 Å². The van der Waals surface area contributed by atoms with Crippen molar-refractivity contribution in [2.45, 2.75) is 19.8 Å². The lowest BCUT2D eigenvalue weighted by Gasteiger charge is -2.05. The van der Waals surface area contributed by atoms with Crippen molar-refractivity contribution >= 4 is 5.78 Å². The third kappa shape index (κ3) is 0.894. The molecule has 0 saturated heterocycles. The van der Waals surface area contributed by atoms with Crippen LogP contribution < -0.4 is 0 Å². The summed E-state index contributed by atoms with van der Waals surface area (Å²) in [5.74, 6) is 5.61. The van der Waals surface area contributed by atoms with E-state index in [1.54, 1.807) is 0 Å². The van der Waals surface area contributed by atoms with E-state index in [0.717, 1.165) is 12.8 Å². The van der Waals surface area contributed by atoms with Gasteiger partial charge in [-0.05, 0) is 12.3 Å². The van der Waals surface area contributed by atoms with Crippen LogP contribution in [0.2, 0.25) is 0 Å². The number of Topliss-reactive ketones (excluding diaryl/α,β-unsaturated/α-hetero) is 1. The van der Waals surface area contributed by atoms with Crippen LogP contribution in [0.3, 0.4) is 0 Å². The number of hydrogen-bond donors (Lipinski definition) is 0.